The molecule has 0 spiro atoms. The lowest BCUT2D eigenvalue weighted by atomic mass is 9.55. The van der Waals surface area contributed by atoms with Crippen LogP contribution in [0, 0.1) is 11.8 Å². The second-order valence-electron chi connectivity index (χ2n) is 7.03. The normalized spacial score (nSPS) is 25.7. The molecule has 0 aliphatic heterocycles. The van der Waals surface area contributed by atoms with Crippen LogP contribution >= 0.6 is 0 Å². The summed E-state index contributed by atoms with van der Waals surface area (Å²) >= 11 is 0. The zero-order chi connectivity index (χ0) is 18.9. The number of aliphatic carboxylic acids is 1. The lowest BCUT2D eigenvalue weighted by Gasteiger charge is -2.46. The van der Waals surface area contributed by atoms with Gasteiger partial charge in [-0.15, -0.1) is 0 Å². The van der Waals surface area contributed by atoms with E-state index in [1.54, 1.807) is 0 Å². The lowest BCUT2D eigenvalue weighted by molar-refractivity contribution is -0.159. The van der Waals surface area contributed by atoms with Crippen LogP contribution in [0.3, 0.4) is 0 Å². The standard InChI is InChI=1S/C23H20O4/c24-21(25)20-19(22(26)27-15-16-7-3-1-4-8-16)17-11-13-23(20,14-12-17)18-9-5-2-6-10-18/h1-13,19-20H,14-15H2,(H,24,25). The summed E-state index contributed by atoms with van der Waals surface area (Å²) in [7, 11) is 0. The molecule has 3 aliphatic carbocycles. The number of hydrogen-bond acceptors (Lipinski definition) is 3. The largest absolute Gasteiger partial charge is 0.481 e. The van der Waals surface area contributed by atoms with Crippen molar-refractivity contribution < 1.29 is 19.4 Å². The zero-order valence-corrected chi connectivity index (χ0v) is 14.7. The molecule has 2 bridgehead atoms. The van der Waals surface area contributed by atoms with Crippen LogP contribution < -0.4 is 0 Å². The van der Waals surface area contributed by atoms with Gasteiger partial charge >= 0.3 is 11.9 Å². The van der Waals surface area contributed by atoms with E-state index in [2.05, 4.69) is 0 Å². The molecule has 0 saturated heterocycles. The molecule has 3 unspecified atom stereocenters. The monoisotopic (exact) mass is 360 g/mol. The maximum Gasteiger partial charge on any atom is 0.314 e. The van der Waals surface area contributed by atoms with Crippen LogP contribution in [-0.2, 0) is 26.3 Å². The maximum absolute atomic E-state index is 12.9. The van der Waals surface area contributed by atoms with Gasteiger partial charge in [-0.05, 0) is 23.1 Å². The highest BCUT2D eigenvalue weighted by Crippen LogP contribution is 2.51. The Morgan fingerprint density at radius 1 is 1.04 bits per heavy atom. The summed E-state index contributed by atoms with van der Waals surface area (Å²) in [6.45, 7) is 0.137. The van der Waals surface area contributed by atoms with Crippen molar-refractivity contribution in [1.29, 1.82) is 0 Å². The number of carbonyl (C=O) groups is 2. The van der Waals surface area contributed by atoms with Gasteiger partial charge in [0.25, 0.3) is 0 Å². The molecule has 4 nitrogen and oxygen atoms in total. The van der Waals surface area contributed by atoms with E-state index in [-0.39, 0.29) is 6.61 Å². The Morgan fingerprint density at radius 3 is 2.30 bits per heavy atom. The quantitative estimate of drug-likeness (QED) is 0.822. The summed E-state index contributed by atoms with van der Waals surface area (Å²) in [6.07, 6.45) is 6.37. The van der Waals surface area contributed by atoms with Gasteiger partial charge in [0.05, 0.1) is 11.8 Å². The van der Waals surface area contributed by atoms with E-state index in [9.17, 15) is 14.7 Å². The fourth-order valence-electron chi connectivity index (χ4n) is 4.21. The lowest BCUT2D eigenvalue weighted by Crippen LogP contribution is -2.50. The third-order valence-electron chi connectivity index (χ3n) is 5.55. The number of carboxylic acids is 1. The first kappa shape index (κ1) is 17.3. The van der Waals surface area contributed by atoms with Crippen LogP contribution in [0.25, 0.3) is 0 Å². The van der Waals surface area contributed by atoms with Gasteiger partial charge in [0.15, 0.2) is 0 Å². The highest BCUT2D eigenvalue weighted by Gasteiger charge is 2.55. The van der Waals surface area contributed by atoms with E-state index < -0.39 is 29.2 Å². The summed E-state index contributed by atoms with van der Waals surface area (Å²) < 4.78 is 5.50. The molecule has 2 aromatic carbocycles. The van der Waals surface area contributed by atoms with Crippen LogP contribution in [0.2, 0.25) is 0 Å². The predicted molar refractivity (Wildman–Crippen MR) is 101 cm³/mol. The molecule has 1 N–H and O–H groups in total. The number of esters is 1. The number of carbonyl (C=O) groups excluding carboxylic acids is 1. The van der Waals surface area contributed by atoms with Gasteiger partial charge in [-0.1, -0.05) is 78.9 Å². The van der Waals surface area contributed by atoms with E-state index in [0.717, 1.165) is 16.7 Å². The highest BCUT2D eigenvalue weighted by atomic mass is 16.5. The van der Waals surface area contributed by atoms with Crippen molar-refractivity contribution in [1.82, 2.24) is 0 Å². The van der Waals surface area contributed by atoms with Crippen LogP contribution in [0.15, 0.2) is 84.5 Å². The topological polar surface area (TPSA) is 63.6 Å². The summed E-state index contributed by atoms with van der Waals surface area (Å²) in [6, 6.07) is 18.9. The molecule has 2 aromatic rings. The Kier molecular flexibility index (Phi) is 4.40. The first-order valence-electron chi connectivity index (χ1n) is 9.00. The van der Waals surface area contributed by atoms with Crippen molar-refractivity contribution in [3.63, 3.8) is 0 Å². The molecule has 3 atom stereocenters. The SMILES string of the molecule is O=C(OCc1ccccc1)C1C2=CCC(c3ccccc3)(C=C2)C1C(=O)O. The van der Waals surface area contributed by atoms with Gasteiger partial charge in [0, 0.05) is 5.41 Å². The minimum Gasteiger partial charge on any atom is -0.481 e. The maximum atomic E-state index is 12.9. The molecule has 0 fully saturated rings. The minimum absolute atomic E-state index is 0.137. The van der Waals surface area contributed by atoms with Crippen molar-refractivity contribution in [3.8, 4) is 0 Å². The molecule has 0 radical (unpaired) electrons. The number of carboxylic acid groups (broad SMARTS) is 1. The average Bonchev–Trinajstić information content (AvgIpc) is 2.73. The van der Waals surface area contributed by atoms with Gasteiger partial charge in [-0.25, -0.2) is 0 Å². The molecule has 136 valence electrons. The van der Waals surface area contributed by atoms with Gasteiger partial charge in [-0.3, -0.25) is 9.59 Å². The smallest absolute Gasteiger partial charge is 0.314 e. The van der Waals surface area contributed by atoms with Crippen molar-refractivity contribution in [3.05, 3.63) is 95.6 Å². The van der Waals surface area contributed by atoms with Crippen molar-refractivity contribution >= 4 is 11.9 Å². The third-order valence-corrected chi connectivity index (χ3v) is 5.55. The Bertz CT molecular complexity index is 914. The van der Waals surface area contributed by atoms with Gasteiger partial charge in [0.1, 0.15) is 6.61 Å². The molecule has 0 amide bonds. The Hall–Kier alpha value is -3.14. The van der Waals surface area contributed by atoms with Crippen LogP contribution in [0.1, 0.15) is 17.5 Å². The minimum atomic E-state index is -0.976. The van der Waals surface area contributed by atoms with Gasteiger partial charge in [0.2, 0.25) is 0 Å². The molecule has 27 heavy (non-hydrogen) atoms. The average molecular weight is 360 g/mol. The van der Waals surface area contributed by atoms with Crippen molar-refractivity contribution in [2.45, 2.75) is 18.4 Å². The second kappa shape index (κ2) is 6.88. The number of ether oxygens (including phenoxy) is 1. The number of fused-ring (bicyclic) bond motifs is 2. The van der Waals surface area contributed by atoms with E-state index in [1.165, 1.54) is 0 Å². The Morgan fingerprint density at radius 2 is 1.70 bits per heavy atom. The fraction of sp³-hybridized carbons (Fsp3) is 0.217. The zero-order valence-electron chi connectivity index (χ0n) is 14.7. The number of hydrogen-bond donors (Lipinski definition) is 1. The van der Waals surface area contributed by atoms with Gasteiger partial charge in [-0.2, -0.15) is 0 Å². The molecule has 3 aliphatic rings. The molecule has 4 heteroatoms. The van der Waals surface area contributed by atoms with Gasteiger partial charge < -0.3 is 9.84 Å². The highest BCUT2D eigenvalue weighted by molar-refractivity contribution is 5.88. The molecular weight excluding hydrogens is 340 g/mol. The summed E-state index contributed by atoms with van der Waals surface area (Å²) in [4.78, 5) is 25.1. The predicted octanol–water partition coefficient (Wildman–Crippen LogP) is 3.88. The Labute approximate surface area is 157 Å². The second-order valence-corrected chi connectivity index (χ2v) is 7.03. The van der Waals surface area contributed by atoms with E-state index in [1.807, 2.05) is 78.9 Å². The van der Waals surface area contributed by atoms with Crippen LogP contribution in [-0.4, -0.2) is 17.0 Å². The van der Waals surface area contributed by atoms with Crippen molar-refractivity contribution in [2.24, 2.45) is 11.8 Å². The van der Waals surface area contributed by atoms with E-state index >= 15 is 0 Å². The number of benzene rings is 2. The first-order valence-corrected chi connectivity index (χ1v) is 9.00. The summed E-state index contributed by atoms with van der Waals surface area (Å²) in [5, 5.41) is 10.0. The van der Waals surface area contributed by atoms with Crippen LogP contribution in [0.5, 0.6) is 0 Å². The number of allylic oxidation sites excluding steroid dienone is 3. The molecule has 0 heterocycles. The Balaban J connectivity index is 1.65. The molecule has 5 rings (SSSR count). The van der Waals surface area contributed by atoms with Crippen molar-refractivity contribution in [2.75, 3.05) is 0 Å². The molecule has 0 aromatic heterocycles. The van der Waals surface area contributed by atoms with E-state index in [4.69, 9.17) is 4.74 Å². The first-order chi connectivity index (χ1) is 13.1. The summed E-state index contributed by atoms with van der Waals surface area (Å²) in [5.74, 6) is -3.14. The number of rotatable bonds is 5. The fourth-order valence-corrected chi connectivity index (χ4v) is 4.21. The summed E-state index contributed by atoms with van der Waals surface area (Å²) in [5.41, 5.74) is 1.79. The molecular formula is C23H20O4. The van der Waals surface area contributed by atoms with E-state index in [0.29, 0.717) is 6.42 Å². The van der Waals surface area contributed by atoms with Crippen LogP contribution in [0.4, 0.5) is 0 Å². The third kappa shape index (κ3) is 2.97. The molecule has 0 saturated carbocycles.